The lowest BCUT2D eigenvalue weighted by Crippen LogP contribution is -2.29. The molecule has 0 aromatic heterocycles. The molecule has 1 saturated heterocycles. The molecule has 238 valence electrons. The molecule has 1 spiro atoms. The Balaban J connectivity index is 1.28. The van der Waals surface area contributed by atoms with Crippen LogP contribution < -0.4 is 9.47 Å². The number of aryl methyl sites for hydroxylation is 1. The lowest BCUT2D eigenvalue weighted by atomic mass is 9.80. The van der Waals surface area contributed by atoms with E-state index >= 15 is 4.39 Å². The minimum atomic E-state index is -1.11. The van der Waals surface area contributed by atoms with Crippen molar-refractivity contribution in [1.82, 2.24) is 4.90 Å². The van der Waals surface area contributed by atoms with Gasteiger partial charge in [-0.25, -0.2) is 4.39 Å². The maximum Gasteiger partial charge on any atom is 0.316 e. The minimum absolute atomic E-state index is 0.0313. The Morgan fingerprint density at radius 1 is 1.07 bits per heavy atom. The normalized spacial score (nSPS) is 26.0. The average molecular weight is 616 g/mol. The van der Waals surface area contributed by atoms with Gasteiger partial charge in [0, 0.05) is 24.4 Å². The molecule has 6 rings (SSSR count). The third-order valence-corrected chi connectivity index (χ3v) is 9.70. The number of carbonyl (C=O) groups excluding carboxylic acids is 2. The number of rotatable bonds is 7. The SMILES string of the molecule is CC1=CC(F)C(C2=C(c3ccc(OC4CC45CCN(C(=O)CCF)C5)cc3)c3ccc(OC(=O)C(C)(C)C)cc3CCC2)C=C1. The van der Waals surface area contributed by atoms with E-state index < -0.39 is 18.3 Å². The number of nitrogens with zero attached hydrogens (tertiary/aromatic N) is 1. The summed E-state index contributed by atoms with van der Waals surface area (Å²) in [5.41, 5.74) is 5.46. The largest absolute Gasteiger partial charge is 0.490 e. The lowest BCUT2D eigenvalue weighted by molar-refractivity contribution is -0.143. The topological polar surface area (TPSA) is 55.8 Å². The van der Waals surface area contributed by atoms with Crippen LogP contribution in [-0.2, 0) is 16.0 Å². The maximum atomic E-state index is 15.6. The van der Waals surface area contributed by atoms with Gasteiger partial charge in [0.1, 0.15) is 23.8 Å². The lowest BCUT2D eigenvalue weighted by Gasteiger charge is -2.26. The number of hydrogen-bond donors (Lipinski definition) is 0. The van der Waals surface area contributed by atoms with Gasteiger partial charge in [-0.3, -0.25) is 14.0 Å². The van der Waals surface area contributed by atoms with E-state index in [9.17, 15) is 14.0 Å². The Hall–Kier alpha value is -3.74. The monoisotopic (exact) mass is 615 g/mol. The second-order valence-corrected chi connectivity index (χ2v) is 14.2. The van der Waals surface area contributed by atoms with Crippen molar-refractivity contribution in [3.05, 3.63) is 88.5 Å². The van der Waals surface area contributed by atoms with Crippen LogP contribution in [0.4, 0.5) is 8.78 Å². The molecule has 0 radical (unpaired) electrons. The van der Waals surface area contributed by atoms with Gasteiger partial charge in [0.05, 0.1) is 18.5 Å². The molecular formula is C38H43F2NO4. The van der Waals surface area contributed by atoms with Gasteiger partial charge < -0.3 is 14.4 Å². The molecule has 4 atom stereocenters. The van der Waals surface area contributed by atoms with Crippen LogP contribution in [0.25, 0.3) is 5.57 Å². The molecule has 45 heavy (non-hydrogen) atoms. The number of carbonyl (C=O) groups is 2. The predicted molar refractivity (Wildman–Crippen MR) is 171 cm³/mol. The molecule has 2 fully saturated rings. The summed E-state index contributed by atoms with van der Waals surface area (Å²) in [6.07, 6.45) is 8.74. The van der Waals surface area contributed by atoms with E-state index in [-0.39, 0.29) is 35.7 Å². The molecule has 0 N–H and O–H groups in total. The molecule has 7 heteroatoms. The van der Waals surface area contributed by atoms with E-state index in [1.165, 1.54) is 0 Å². The van der Waals surface area contributed by atoms with Crippen molar-refractivity contribution in [2.75, 3.05) is 19.8 Å². The van der Waals surface area contributed by atoms with E-state index in [4.69, 9.17) is 9.47 Å². The quantitative estimate of drug-likeness (QED) is 0.234. The Morgan fingerprint density at radius 3 is 2.53 bits per heavy atom. The van der Waals surface area contributed by atoms with Crippen molar-refractivity contribution in [3.63, 3.8) is 0 Å². The summed E-state index contributed by atoms with van der Waals surface area (Å²) < 4.78 is 40.4. The number of amides is 1. The maximum absolute atomic E-state index is 15.6. The highest BCUT2D eigenvalue weighted by atomic mass is 19.1. The molecule has 0 bridgehead atoms. The number of esters is 1. The van der Waals surface area contributed by atoms with E-state index in [0.717, 1.165) is 71.3 Å². The summed E-state index contributed by atoms with van der Waals surface area (Å²) >= 11 is 0. The number of benzene rings is 2. The Morgan fingerprint density at radius 2 is 1.82 bits per heavy atom. The van der Waals surface area contributed by atoms with Crippen LogP contribution in [0.2, 0.25) is 0 Å². The molecule has 3 aliphatic carbocycles. The fraction of sp³-hybridized carbons (Fsp3) is 0.474. The highest BCUT2D eigenvalue weighted by Crippen LogP contribution is 2.55. The van der Waals surface area contributed by atoms with Crippen LogP contribution >= 0.6 is 0 Å². The molecule has 4 aliphatic rings. The summed E-state index contributed by atoms with van der Waals surface area (Å²) in [6.45, 7) is 8.09. The van der Waals surface area contributed by atoms with Gasteiger partial charge in [0.25, 0.3) is 0 Å². The number of ether oxygens (including phenoxy) is 2. The van der Waals surface area contributed by atoms with Crippen LogP contribution in [0.15, 0.2) is 71.8 Å². The molecule has 4 unspecified atom stereocenters. The number of likely N-dealkylation sites (tertiary alicyclic amines) is 1. The summed E-state index contributed by atoms with van der Waals surface area (Å²) in [7, 11) is 0. The molecule has 5 nitrogen and oxygen atoms in total. The summed E-state index contributed by atoms with van der Waals surface area (Å²) in [4.78, 5) is 26.6. The summed E-state index contributed by atoms with van der Waals surface area (Å²) in [5.74, 6) is 0.516. The van der Waals surface area contributed by atoms with Gasteiger partial charge in [0.15, 0.2) is 0 Å². The van der Waals surface area contributed by atoms with E-state index in [2.05, 4.69) is 12.1 Å². The van der Waals surface area contributed by atoms with Gasteiger partial charge >= 0.3 is 5.97 Å². The molecule has 1 heterocycles. The minimum Gasteiger partial charge on any atom is -0.490 e. The Labute approximate surface area is 265 Å². The van der Waals surface area contributed by atoms with Crippen LogP contribution in [-0.4, -0.2) is 48.8 Å². The van der Waals surface area contributed by atoms with Crippen molar-refractivity contribution < 1.29 is 27.8 Å². The smallest absolute Gasteiger partial charge is 0.316 e. The molecule has 1 amide bonds. The summed E-state index contributed by atoms with van der Waals surface area (Å²) in [6, 6.07) is 13.9. The zero-order valence-electron chi connectivity index (χ0n) is 26.7. The van der Waals surface area contributed by atoms with Crippen molar-refractivity contribution >= 4 is 17.4 Å². The van der Waals surface area contributed by atoms with E-state index in [0.29, 0.717) is 18.8 Å². The number of alkyl halides is 2. The molecule has 2 aromatic rings. The first-order valence-electron chi connectivity index (χ1n) is 16.2. The zero-order chi connectivity index (χ0) is 31.9. The number of halogens is 2. The van der Waals surface area contributed by atoms with Crippen molar-refractivity contribution in [2.24, 2.45) is 16.7 Å². The standard InChI is InChI=1S/C38H43F2NO4/c1-24-8-14-30(32(40)20-24)31-7-5-6-26-21-28(45-36(43)37(2,3)4)13-15-29(26)35(31)25-9-11-27(12-10-25)44-33-22-38(33)17-19-41(23-38)34(42)16-18-39/h8-15,20-21,30,32-33H,5-7,16-19,22-23H2,1-4H3. The highest BCUT2D eigenvalue weighted by molar-refractivity contribution is 5.86. The summed E-state index contributed by atoms with van der Waals surface area (Å²) in [5, 5.41) is 0. The number of fused-ring (bicyclic) bond motifs is 1. The third-order valence-electron chi connectivity index (χ3n) is 9.70. The van der Waals surface area contributed by atoms with Gasteiger partial charge in [-0.05, 0) is 112 Å². The van der Waals surface area contributed by atoms with E-state index in [1.54, 1.807) is 11.0 Å². The number of hydrogen-bond acceptors (Lipinski definition) is 4. The molecular weight excluding hydrogens is 572 g/mol. The van der Waals surface area contributed by atoms with Crippen LogP contribution in [0.5, 0.6) is 11.5 Å². The first kappa shape index (κ1) is 31.3. The number of allylic oxidation sites excluding steroid dienone is 5. The third kappa shape index (κ3) is 6.49. The first-order chi connectivity index (χ1) is 21.5. The molecule has 1 aliphatic heterocycles. The predicted octanol–water partition coefficient (Wildman–Crippen LogP) is 7.98. The van der Waals surface area contributed by atoms with Gasteiger partial charge in [0.2, 0.25) is 5.91 Å². The van der Waals surface area contributed by atoms with Crippen LogP contribution in [0.3, 0.4) is 0 Å². The molecule has 1 saturated carbocycles. The van der Waals surface area contributed by atoms with Crippen LogP contribution in [0.1, 0.15) is 76.5 Å². The van der Waals surface area contributed by atoms with Crippen molar-refractivity contribution in [1.29, 1.82) is 0 Å². The van der Waals surface area contributed by atoms with Crippen LogP contribution in [0, 0.1) is 16.7 Å². The average Bonchev–Trinajstić information content (AvgIpc) is 3.53. The second-order valence-electron chi connectivity index (χ2n) is 14.2. The van der Waals surface area contributed by atoms with E-state index in [1.807, 2.05) is 70.2 Å². The van der Waals surface area contributed by atoms with Gasteiger partial charge in [-0.15, -0.1) is 0 Å². The molecule has 2 aromatic carbocycles. The fourth-order valence-electron chi connectivity index (χ4n) is 6.98. The Kier molecular flexibility index (Phi) is 8.49. The second kappa shape index (κ2) is 12.2. The van der Waals surface area contributed by atoms with Gasteiger partial charge in [-0.2, -0.15) is 0 Å². The van der Waals surface area contributed by atoms with Crippen molar-refractivity contribution in [2.45, 2.75) is 78.5 Å². The fourth-order valence-corrected chi connectivity index (χ4v) is 6.98. The van der Waals surface area contributed by atoms with Crippen molar-refractivity contribution in [3.8, 4) is 11.5 Å². The highest BCUT2D eigenvalue weighted by Gasteiger charge is 2.60. The first-order valence-corrected chi connectivity index (χ1v) is 16.2. The Bertz CT molecular complexity index is 1570. The van der Waals surface area contributed by atoms with Gasteiger partial charge in [-0.1, -0.05) is 41.5 Å². The zero-order valence-corrected chi connectivity index (χ0v) is 26.7.